The van der Waals surface area contributed by atoms with Crippen LogP contribution in [0.15, 0.2) is 55.1 Å². The number of halogens is 2. The number of carbonyl (C=O) groups is 1. The van der Waals surface area contributed by atoms with Gasteiger partial charge in [0, 0.05) is 59.5 Å². The van der Waals surface area contributed by atoms with E-state index >= 15 is 0 Å². The molecule has 0 saturated carbocycles. The fourth-order valence-corrected chi connectivity index (χ4v) is 3.10. The molecule has 0 radical (unpaired) electrons. The Balaban J connectivity index is 1.63. The van der Waals surface area contributed by atoms with E-state index in [4.69, 9.17) is 0 Å². The first-order valence-electron chi connectivity index (χ1n) is 9.40. The van der Waals surface area contributed by atoms with E-state index in [9.17, 15) is 13.6 Å². The highest BCUT2D eigenvalue weighted by molar-refractivity contribution is 6.03. The van der Waals surface area contributed by atoms with Gasteiger partial charge in [-0.05, 0) is 31.2 Å². The van der Waals surface area contributed by atoms with E-state index in [0.717, 1.165) is 39.6 Å². The molecule has 0 aromatic carbocycles. The molecule has 4 rings (SSSR count). The molecule has 1 amide bonds. The van der Waals surface area contributed by atoms with Gasteiger partial charge < -0.3 is 10.6 Å². The first-order valence-corrected chi connectivity index (χ1v) is 9.40. The van der Waals surface area contributed by atoms with Gasteiger partial charge in [0.25, 0.3) is 12.3 Å². The van der Waals surface area contributed by atoms with Crippen LogP contribution in [0.5, 0.6) is 0 Å². The van der Waals surface area contributed by atoms with E-state index in [-0.39, 0.29) is 11.3 Å². The van der Waals surface area contributed by atoms with E-state index in [1.807, 2.05) is 19.1 Å². The number of carbonyl (C=O) groups excluding carboxylic acids is 1. The molecule has 0 unspecified atom stereocenters. The van der Waals surface area contributed by atoms with Crippen molar-refractivity contribution in [1.29, 1.82) is 0 Å². The van der Waals surface area contributed by atoms with Crippen molar-refractivity contribution in [3.05, 3.63) is 72.1 Å². The monoisotopic (exact) mass is 420 g/mol. The summed E-state index contributed by atoms with van der Waals surface area (Å²) >= 11 is 0. The maximum Gasteiger partial charge on any atom is 0.274 e. The number of hydrogen-bond donors (Lipinski definition) is 2. The summed E-state index contributed by atoms with van der Waals surface area (Å²) in [5, 5.41) is 6.50. The number of alkyl halides is 2. The highest BCUT2D eigenvalue weighted by Gasteiger charge is 2.14. The predicted molar refractivity (Wildman–Crippen MR) is 114 cm³/mol. The lowest BCUT2D eigenvalue weighted by Crippen LogP contribution is -2.14. The first-order chi connectivity index (χ1) is 14.9. The number of anilines is 2. The second-order valence-electron chi connectivity index (χ2n) is 6.82. The Morgan fingerprint density at radius 1 is 1.00 bits per heavy atom. The molecule has 0 aliphatic rings. The highest BCUT2D eigenvalue weighted by atomic mass is 19.3. The van der Waals surface area contributed by atoms with Crippen LogP contribution in [0.2, 0.25) is 0 Å². The quantitative estimate of drug-likeness (QED) is 0.489. The van der Waals surface area contributed by atoms with Crippen molar-refractivity contribution < 1.29 is 13.6 Å². The largest absolute Gasteiger partial charge is 0.373 e. The van der Waals surface area contributed by atoms with Gasteiger partial charge in [0.05, 0.1) is 17.4 Å². The van der Waals surface area contributed by atoms with Crippen LogP contribution < -0.4 is 10.6 Å². The molecule has 7 nitrogen and oxygen atoms in total. The number of fused-ring (bicyclic) bond motifs is 1. The van der Waals surface area contributed by atoms with Gasteiger partial charge in [0.15, 0.2) is 0 Å². The minimum atomic E-state index is -2.68. The summed E-state index contributed by atoms with van der Waals surface area (Å²) < 4.78 is 25.8. The standard InChI is InChI=1S/C22H18F2N6O/c1-12-17(14-5-15-10-29-20(25-2)8-18(15)28-9-14)7-16(11-27-12)30-22(31)19-6-13(21(23)24)3-4-26-19/h3-11,21H,1-2H3,(H,25,29)(H,30,31). The van der Waals surface area contributed by atoms with E-state index in [1.54, 1.807) is 25.5 Å². The van der Waals surface area contributed by atoms with E-state index in [1.165, 1.54) is 18.5 Å². The maximum absolute atomic E-state index is 12.9. The van der Waals surface area contributed by atoms with Crippen molar-refractivity contribution in [3.8, 4) is 11.1 Å². The summed E-state index contributed by atoms with van der Waals surface area (Å²) in [4.78, 5) is 29.5. The number of amides is 1. The number of pyridine rings is 4. The third-order valence-corrected chi connectivity index (χ3v) is 4.75. The zero-order valence-electron chi connectivity index (χ0n) is 16.7. The Morgan fingerprint density at radius 3 is 2.61 bits per heavy atom. The lowest BCUT2D eigenvalue weighted by atomic mass is 10.0. The highest BCUT2D eigenvalue weighted by Crippen LogP contribution is 2.28. The topological polar surface area (TPSA) is 92.7 Å². The zero-order valence-corrected chi connectivity index (χ0v) is 16.7. The number of nitrogens with one attached hydrogen (secondary N) is 2. The van der Waals surface area contributed by atoms with Crippen LogP contribution >= 0.6 is 0 Å². The molecule has 156 valence electrons. The third-order valence-electron chi connectivity index (χ3n) is 4.75. The van der Waals surface area contributed by atoms with E-state index in [2.05, 4.69) is 30.6 Å². The van der Waals surface area contributed by atoms with E-state index < -0.39 is 12.3 Å². The zero-order chi connectivity index (χ0) is 22.0. The van der Waals surface area contributed by atoms with Crippen LogP contribution in [0.3, 0.4) is 0 Å². The fraction of sp³-hybridized carbons (Fsp3) is 0.136. The summed E-state index contributed by atoms with van der Waals surface area (Å²) in [5.41, 5.74) is 3.18. The number of aryl methyl sites for hydroxylation is 1. The number of nitrogens with zero attached hydrogens (tertiary/aromatic N) is 4. The van der Waals surface area contributed by atoms with Crippen molar-refractivity contribution in [2.24, 2.45) is 0 Å². The minimum absolute atomic E-state index is 0.0984. The number of hydrogen-bond acceptors (Lipinski definition) is 6. The van der Waals surface area contributed by atoms with Gasteiger partial charge in [-0.15, -0.1) is 0 Å². The normalized spacial score (nSPS) is 11.0. The molecule has 0 saturated heterocycles. The third kappa shape index (κ3) is 4.30. The van der Waals surface area contributed by atoms with Gasteiger partial charge in [-0.1, -0.05) is 0 Å². The van der Waals surface area contributed by atoms with Gasteiger partial charge in [-0.3, -0.25) is 19.7 Å². The second-order valence-corrected chi connectivity index (χ2v) is 6.82. The molecule has 4 aromatic rings. The average molecular weight is 420 g/mol. The summed E-state index contributed by atoms with van der Waals surface area (Å²) in [6.45, 7) is 1.85. The minimum Gasteiger partial charge on any atom is -0.373 e. The Hall–Kier alpha value is -4.01. The van der Waals surface area contributed by atoms with E-state index in [0.29, 0.717) is 5.69 Å². The average Bonchev–Trinajstić information content (AvgIpc) is 2.79. The van der Waals surface area contributed by atoms with Crippen LogP contribution in [-0.2, 0) is 0 Å². The SMILES string of the molecule is CNc1cc2ncc(-c3cc(NC(=O)c4cc(C(F)F)ccn4)cnc3C)cc2cn1. The van der Waals surface area contributed by atoms with Crippen LogP contribution in [0.1, 0.15) is 28.2 Å². The van der Waals surface area contributed by atoms with Gasteiger partial charge in [-0.2, -0.15) is 0 Å². The van der Waals surface area contributed by atoms with Crippen molar-refractivity contribution in [2.75, 3.05) is 17.7 Å². The Labute approximate surface area is 176 Å². The molecule has 2 N–H and O–H groups in total. The van der Waals surface area contributed by atoms with Gasteiger partial charge >= 0.3 is 0 Å². The van der Waals surface area contributed by atoms with Gasteiger partial charge in [0.1, 0.15) is 11.5 Å². The van der Waals surface area contributed by atoms with Crippen LogP contribution in [-0.4, -0.2) is 32.9 Å². The number of rotatable bonds is 5. The lowest BCUT2D eigenvalue weighted by molar-refractivity contribution is 0.102. The molecule has 0 spiro atoms. The second kappa shape index (κ2) is 8.39. The van der Waals surface area contributed by atoms with Gasteiger partial charge in [-0.25, -0.2) is 13.8 Å². The van der Waals surface area contributed by atoms with Crippen molar-refractivity contribution >= 4 is 28.3 Å². The molecule has 0 atom stereocenters. The lowest BCUT2D eigenvalue weighted by Gasteiger charge is -2.11. The molecule has 0 aliphatic heterocycles. The Bertz CT molecular complexity index is 1280. The first kappa shape index (κ1) is 20.3. The van der Waals surface area contributed by atoms with Crippen LogP contribution in [0, 0.1) is 6.92 Å². The predicted octanol–water partition coefficient (Wildman–Crippen LogP) is 4.63. The summed E-state index contributed by atoms with van der Waals surface area (Å²) in [6, 6.07) is 7.80. The molecule has 4 heterocycles. The van der Waals surface area contributed by atoms with Crippen LogP contribution in [0.4, 0.5) is 20.3 Å². The number of aromatic nitrogens is 4. The van der Waals surface area contributed by atoms with Crippen molar-refractivity contribution in [3.63, 3.8) is 0 Å². The Kier molecular flexibility index (Phi) is 5.48. The van der Waals surface area contributed by atoms with Crippen LogP contribution in [0.25, 0.3) is 22.0 Å². The molecule has 0 fully saturated rings. The smallest absolute Gasteiger partial charge is 0.274 e. The maximum atomic E-state index is 12.9. The summed E-state index contributed by atoms with van der Waals surface area (Å²) in [5.74, 6) is 0.124. The van der Waals surface area contributed by atoms with Crippen molar-refractivity contribution in [2.45, 2.75) is 13.3 Å². The molecule has 0 bridgehead atoms. The fourth-order valence-electron chi connectivity index (χ4n) is 3.10. The van der Waals surface area contributed by atoms with Gasteiger partial charge in [0.2, 0.25) is 0 Å². The molecule has 9 heteroatoms. The molecular formula is C22H18F2N6O. The molecule has 31 heavy (non-hydrogen) atoms. The molecular weight excluding hydrogens is 402 g/mol. The molecule has 4 aromatic heterocycles. The summed E-state index contributed by atoms with van der Waals surface area (Å²) in [7, 11) is 1.79. The Morgan fingerprint density at radius 2 is 1.84 bits per heavy atom. The van der Waals surface area contributed by atoms with Crippen molar-refractivity contribution in [1.82, 2.24) is 19.9 Å². The summed E-state index contributed by atoms with van der Waals surface area (Å²) in [6.07, 6.45) is 3.46. The molecule has 0 aliphatic carbocycles.